The first-order chi connectivity index (χ1) is 10.0. The lowest BCUT2D eigenvalue weighted by atomic mass is 10.1. The molecule has 2 aromatic rings. The molecule has 0 saturated carbocycles. The molecule has 0 aliphatic heterocycles. The molecular weight excluding hydrogens is 339 g/mol. The Morgan fingerprint density at radius 3 is 2.57 bits per heavy atom. The molecule has 2 aromatic carbocycles. The lowest BCUT2D eigenvalue weighted by Crippen LogP contribution is -2.18. The average molecular weight is 351 g/mol. The molecule has 0 fully saturated rings. The molecule has 0 aromatic heterocycles. The number of amides is 2. The third kappa shape index (κ3) is 3.66. The van der Waals surface area contributed by atoms with Gasteiger partial charge in [-0.05, 0) is 36.4 Å². The van der Waals surface area contributed by atoms with E-state index in [2.05, 4.69) is 26.6 Å². The van der Waals surface area contributed by atoms with Crippen LogP contribution in [0.25, 0.3) is 0 Å². The Bertz CT molecular complexity index is 704. The van der Waals surface area contributed by atoms with E-state index in [0.717, 1.165) is 0 Å². The number of nitrogens with one attached hydrogen (secondary N) is 2. The van der Waals surface area contributed by atoms with Crippen LogP contribution >= 0.6 is 15.9 Å². The van der Waals surface area contributed by atoms with Crippen LogP contribution in [0.15, 0.2) is 46.9 Å². The molecule has 0 spiro atoms. The van der Waals surface area contributed by atoms with E-state index in [1.54, 1.807) is 18.2 Å². The van der Waals surface area contributed by atoms with Gasteiger partial charge in [0.15, 0.2) is 0 Å². The quantitative estimate of drug-likeness (QED) is 0.892. The van der Waals surface area contributed by atoms with Crippen LogP contribution in [0, 0.1) is 5.82 Å². The summed E-state index contributed by atoms with van der Waals surface area (Å²) in [5.41, 5.74) is 0.750. The first-order valence-electron chi connectivity index (χ1n) is 6.10. The topological polar surface area (TPSA) is 58.2 Å². The highest BCUT2D eigenvalue weighted by Gasteiger charge is 2.13. The molecule has 0 unspecified atom stereocenters. The third-order valence-electron chi connectivity index (χ3n) is 2.78. The van der Waals surface area contributed by atoms with Gasteiger partial charge < -0.3 is 10.6 Å². The van der Waals surface area contributed by atoms with Gasteiger partial charge in [-0.2, -0.15) is 0 Å². The Balaban J connectivity index is 2.23. The van der Waals surface area contributed by atoms with Crippen molar-refractivity contribution in [3.05, 3.63) is 63.9 Å². The van der Waals surface area contributed by atoms with Crippen molar-refractivity contribution in [1.82, 2.24) is 5.32 Å². The summed E-state index contributed by atoms with van der Waals surface area (Å²) in [6, 6.07) is 10.5. The van der Waals surface area contributed by atoms with E-state index in [1.165, 1.54) is 31.3 Å². The Kier molecular flexibility index (Phi) is 4.70. The summed E-state index contributed by atoms with van der Waals surface area (Å²) in [4.78, 5) is 23.6. The van der Waals surface area contributed by atoms with Crippen molar-refractivity contribution >= 4 is 33.4 Å². The van der Waals surface area contributed by atoms with E-state index in [0.29, 0.717) is 15.7 Å². The lowest BCUT2D eigenvalue weighted by Gasteiger charge is -2.08. The monoisotopic (exact) mass is 350 g/mol. The van der Waals surface area contributed by atoms with Crippen LogP contribution in [0.4, 0.5) is 10.1 Å². The van der Waals surface area contributed by atoms with Gasteiger partial charge in [-0.15, -0.1) is 0 Å². The number of benzene rings is 2. The largest absolute Gasteiger partial charge is 0.355 e. The average Bonchev–Trinajstić information content (AvgIpc) is 2.49. The minimum Gasteiger partial charge on any atom is -0.355 e. The summed E-state index contributed by atoms with van der Waals surface area (Å²) in [6.45, 7) is 0. The zero-order chi connectivity index (χ0) is 15.4. The zero-order valence-electron chi connectivity index (χ0n) is 11.1. The predicted molar refractivity (Wildman–Crippen MR) is 81.9 cm³/mol. The number of carbonyl (C=O) groups is 2. The maximum absolute atomic E-state index is 13.6. The van der Waals surface area contributed by atoms with Gasteiger partial charge in [-0.1, -0.05) is 22.0 Å². The summed E-state index contributed by atoms with van der Waals surface area (Å²) < 4.78 is 14.2. The smallest absolute Gasteiger partial charge is 0.258 e. The van der Waals surface area contributed by atoms with Gasteiger partial charge >= 0.3 is 0 Å². The minimum absolute atomic E-state index is 0.0743. The molecule has 6 heteroatoms. The fourth-order valence-corrected chi connectivity index (χ4v) is 2.11. The van der Waals surface area contributed by atoms with Gasteiger partial charge in [-0.25, -0.2) is 4.39 Å². The van der Waals surface area contributed by atoms with Crippen molar-refractivity contribution in [2.75, 3.05) is 12.4 Å². The van der Waals surface area contributed by atoms with Gasteiger partial charge in [0.1, 0.15) is 5.82 Å². The molecule has 2 N–H and O–H groups in total. The van der Waals surface area contributed by atoms with Gasteiger partial charge in [0.05, 0.1) is 5.56 Å². The van der Waals surface area contributed by atoms with Gasteiger partial charge in [0, 0.05) is 22.8 Å². The molecule has 2 amide bonds. The minimum atomic E-state index is -0.613. The highest BCUT2D eigenvalue weighted by Crippen LogP contribution is 2.18. The molecule has 0 aliphatic rings. The van der Waals surface area contributed by atoms with Gasteiger partial charge in [0.25, 0.3) is 11.8 Å². The van der Waals surface area contributed by atoms with Crippen molar-refractivity contribution in [1.29, 1.82) is 0 Å². The molecule has 0 saturated heterocycles. The van der Waals surface area contributed by atoms with Crippen LogP contribution < -0.4 is 10.6 Å². The SMILES string of the molecule is CNC(=O)c1cccc(NC(=O)c2cc(Br)ccc2F)c1. The second-order valence-corrected chi connectivity index (χ2v) is 5.15. The van der Waals surface area contributed by atoms with Crippen LogP contribution in [0.5, 0.6) is 0 Å². The first-order valence-corrected chi connectivity index (χ1v) is 6.89. The van der Waals surface area contributed by atoms with E-state index in [1.807, 2.05) is 0 Å². The van der Waals surface area contributed by atoms with Crippen molar-refractivity contribution in [3.8, 4) is 0 Å². The number of anilines is 1. The molecule has 108 valence electrons. The Hall–Kier alpha value is -2.21. The molecule has 0 heterocycles. The normalized spacial score (nSPS) is 10.0. The Morgan fingerprint density at radius 1 is 1.10 bits per heavy atom. The zero-order valence-corrected chi connectivity index (χ0v) is 12.7. The summed E-state index contributed by atoms with van der Waals surface area (Å²) in [7, 11) is 1.52. The van der Waals surface area contributed by atoms with E-state index >= 15 is 0 Å². The summed E-state index contributed by atoms with van der Waals surface area (Å²) in [5.74, 6) is -1.46. The second-order valence-electron chi connectivity index (χ2n) is 4.24. The molecule has 0 atom stereocenters. The maximum atomic E-state index is 13.6. The van der Waals surface area contributed by atoms with Crippen molar-refractivity contribution in [2.24, 2.45) is 0 Å². The molecule has 0 aliphatic carbocycles. The van der Waals surface area contributed by atoms with Gasteiger partial charge in [0.2, 0.25) is 0 Å². The van der Waals surface area contributed by atoms with Crippen LogP contribution in [0.1, 0.15) is 20.7 Å². The number of rotatable bonds is 3. The number of hydrogen-bond acceptors (Lipinski definition) is 2. The first kappa shape index (κ1) is 15.2. The fraction of sp³-hybridized carbons (Fsp3) is 0.0667. The highest BCUT2D eigenvalue weighted by atomic mass is 79.9. The lowest BCUT2D eigenvalue weighted by molar-refractivity contribution is 0.0961. The van der Waals surface area contributed by atoms with Crippen molar-refractivity contribution < 1.29 is 14.0 Å². The molecule has 21 heavy (non-hydrogen) atoms. The van der Waals surface area contributed by atoms with E-state index in [9.17, 15) is 14.0 Å². The van der Waals surface area contributed by atoms with E-state index in [-0.39, 0.29) is 11.5 Å². The van der Waals surface area contributed by atoms with Crippen LogP contribution in [-0.4, -0.2) is 18.9 Å². The Labute approximate surface area is 129 Å². The third-order valence-corrected chi connectivity index (χ3v) is 3.28. The second kappa shape index (κ2) is 6.49. The number of halogens is 2. The highest BCUT2D eigenvalue weighted by molar-refractivity contribution is 9.10. The molecular formula is C15H12BrFN2O2. The summed E-state index contributed by atoms with van der Waals surface area (Å²) >= 11 is 3.19. The van der Waals surface area contributed by atoms with E-state index in [4.69, 9.17) is 0 Å². The summed E-state index contributed by atoms with van der Waals surface area (Å²) in [6.07, 6.45) is 0. The van der Waals surface area contributed by atoms with E-state index < -0.39 is 11.7 Å². The summed E-state index contributed by atoms with van der Waals surface area (Å²) in [5, 5.41) is 5.06. The van der Waals surface area contributed by atoms with Crippen LogP contribution in [0.3, 0.4) is 0 Å². The number of hydrogen-bond donors (Lipinski definition) is 2. The molecule has 0 radical (unpaired) electrons. The van der Waals surface area contributed by atoms with Crippen molar-refractivity contribution in [3.63, 3.8) is 0 Å². The molecule has 2 rings (SSSR count). The van der Waals surface area contributed by atoms with Crippen LogP contribution in [-0.2, 0) is 0 Å². The number of carbonyl (C=O) groups excluding carboxylic acids is 2. The predicted octanol–water partition coefficient (Wildman–Crippen LogP) is 3.20. The van der Waals surface area contributed by atoms with Crippen LogP contribution in [0.2, 0.25) is 0 Å². The van der Waals surface area contributed by atoms with Gasteiger partial charge in [-0.3, -0.25) is 9.59 Å². The Morgan fingerprint density at radius 2 is 1.86 bits per heavy atom. The molecule has 4 nitrogen and oxygen atoms in total. The standard InChI is InChI=1S/C15H12BrFN2O2/c1-18-14(20)9-3-2-4-11(7-9)19-15(21)12-8-10(16)5-6-13(12)17/h2-8H,1H3,(H,18,20)(H,19,21). The maximum Gasteiger partial charge on any atom is 0.258 e. The fourth-order valence-electron chi connectivity index (χ4n) is 1.75. The molecule has 0 bridgehead atoms. The van der Waals surface area contributed by atoms with Crippen molar-refractivity contribution in [2.45, 2.75) is 0 Å².